The molecule has 0 unspecified atom stereocenters. The third kappa shape index (κ3) is 3.17. The van der Waals surface area contributed by atoms with Crippen LogP contribution in [0.3, 0.4) is 0 Å². The van der Waals surface area contributed by atoms with Gasteiger partial charge in [0.05, 0.1) is 5.60 Å². The maximum Gasteiger partial charge on any atom is 0.134 e. The highest BCUT2D eigenvalue weighted by atomic mass is 16.5. The Hall–Kier alpha value is -1.32. The lowest BCUT2D eigenvalue weighted by atomic mass is 10.1. The Morgan fingerprint density at radius 2 is 2.00 bits per heavy atom. The van der Waals surface area contributed by atoms with Crippen molar-refractivity contribution in [2.45, 2.75) is 39.3 Å². The molecule has 0 spiro atoms. The van der Waals surface area contributed by atoms with E-state index in [1.54, 1.807) is 7.11 Å². The average molecular weight is 261 g/mol. The van der Waals surface area contributed by atoms with E-state index in [0.29, 0.717) is 0 Å². The van der Waals surface area contributed by atoms with Gasteiger partial charge in [-0.3, -0.25) is 0 Å². The van der Waals surface area contributed by atoms with Crippen LogP contribution in [-0.2, 0) is 17.7 Å². The van der Waals surface area contributed by atoms with Crippen molar-refractivity contribution in [3.05, 3.63) is 35.6 Å². The second-order valence-electron chi connectivity index (χ2n) is 5.42. The van der Waals surface area contributed by atoms with Crippen LogP contribution in [0.4, 0.5) is 0 Å². The van der Waals surface area contributed by atoms with Gasteiger partial charge in [0.15, 0.2) is 0 Å². The predicted octanol–water partition coefficient (Wildman–Crippen LogP) is 3.51. The van der Waals surface area contributed by atoms with Crippen molar-refractivity contribution in [2.24, 2.45) is 0 Å². The van der Waals surface area contributed by atoms with Crippen LogP contribution in [-0.4, -0.2) is 19.3 Å². The summed E-state index contributed by atoms with van der Waals surface area (Å²) in [5.41, 5.74) is 2.10. The highest BCUT2D eigenvalue weighted by molar-refractivity contribution is 5.82. The highest BCUT2D eigenvalue weighted by Crippen LogP contribution is 2.26. The summed E-state index contributed by atoms with van der Waals surface area (Å²) < 4.78 is 11.3. The smallest absolute Gasteiger partial charge is 0.134 e. The number of rotatable bonds is 6. The molecule has 0 radical (unpaired) electrons. The van der Waals surface area contributed by atoms with Gasteiger partial charge in [0.25, 0.3) is 0 Å². The molecule has 2 rings (SSSR count). The molecule has 3 heteroatoms. The third-order valence-corrected chi connectivity index (χ3v) is 3.51. The second kappa shape index (κ2) is 5.76. The molecule has 0 atom stereocenters. The summed E-state index contributed by atoms with van der Waals surface area (Å²) >= 11 is 0. The van der Waals surface area contributed by atoms with E-state index in [4.69, 9.17) is 9.15 Å². The summed E-state index contributed by atoms with van der Waals surface area (Å²) in [4.78, 5) is 0. The Morgan fingerprint density at radius 3 is 2.68 bits per heavy atom. The van der Waals surface area contributed by atoms with Crippen molar-refractivity contribution >= 4 is 11.0 Å². The van der Waals surface area contributed by atoms with Gasteiger partial charge in [0.1, 0.15) is 11.3 Å². The van der Waals surface area contributed by atoms with Crippen LogP contribution in [0.25, 0.3) is 11.0 Å². The number of benzene rings is 1. The van der Waals surface area contributed by atoms with Gasteiger partial charge < -0.3 is 14.5 Å². The Bertz CT molecular complexity index is 543. The van der Waals surface area contributed by atoms with E-state index in [2.05, 4.69) is 38.2 Å². The van der Waals surface area contributed by atoms with Crippen LogP contribution >= 0.6 is 0 Å². The number of methoxy groups -OCH3 is 1. The molecule has 0 aliphatic heterocycles. The number of aryl methyl sites for hydroxylation is 1. The Labute approximate surface area is 114 Å². The molecule has 0 saturated carbocycles. The van der Waals surface area contributed by atoms with Crippen LogP contribution in [0.5, 0.6) is 0 Å². The molecule has 2 aromatic rings. The molecule has 0 saturated heterocycles. The first-order valence-electron chi connectivity index (χ1n) is 6.82. The van der Waals surface area contributed by atoms with Crippen LogP contribution in [0.2, 0.25) is 0 Å². The average Bonchev–Trinajstić information content (AvgIpc) is 2.77. The lowest BCUT2D eigenvalue weighted by Gasteiger charge is -2.23. The fraction of sp³-hybridized carbons (Fsp3) is 0.500. The van der Waals surface area contributed by atoms with E-state index in [1.807, 2.05) is 12.1 Å². The zero-order valence-electron chi connectivity index (χ0n) is 12.2. The van der Waals surface area contributed by atoms with Gasteiger partial charge in [0.2, 0.25) is 0 Å². The topological polar surface area (TPSA) is 34.4 Å². The van der Waals surface area contributed by atoms with Crippen molar-refractivity contribution in [1.82, 2.24) is 5.32 Å². The number of hydrogen-bond donors (Lipinski definition) is 1. The summed E-state index contributed by atoms with van der Waals surface area (Å²) in [7, 11) is 1.74. The van der Waals surface area contributed by atoms with Crippen molar-refractivity contribution in [3.63, 3.8) is 0 Å². The molecule has 1 aromatic carbocycles. The third-order valence-electron chi connectivity index (χ3n) is 3.51. The maximum absolute atomic E-state index is 5.89. The lowest BCUT2D eigenvalue weighted by Crippen LogP contribution is -2.36. The number of fused-ring (bicyclic) bond motifs is 1. The van der Waals surface area contributed by atoms with Crippen LogP contribution < -0.4 is 5.32 Å². The minimum atomic E-state index is -0.147. The molecular weight excluding hydrogens is 238 g/mol. The van der Waals surface area contributed by atoms with E-state index in [0.717, 1.165) is 30.9 Å². The van der Waals surface area contributed by atoms with Gasteiger partial charge >= 0.3 is 0 Å². The number of ether oxygens (including phenoxy) is 1. The molecule has 104 valence electrons. The number of hydrogen-bond acceptors (Lipinski definition) is 3. The minimum absolute atomic E-state index is 0.147. The van der Waals surface area contributed by atoms with E-state index < -0.39 is 0 Å². The quantitative estimate of drug-likeness (QED) is 0.864. The molecule has 1 N–H and O–H groups in total. The van der Waals surface area contributed by atoms with E-state index in [-0.39, 0.29) is 5.60 Å². The number of furan rings is 1. The lowest BCUT2D eigenvalue weighted by molar-refractivity contribution is 0.0230. The first kappa shape index (κ1) is 14.1. The Morgan fingerprint density at radius 1 is 1.26 bits per heavy atom. The maximum atomic E-state index is 5.89. The summed E-state index contributed by atoms with van der Waals surface area (Å²) in [6.45, 7) is 7.90. The van der Waals surface area contributed by atoms with Crippen LogP contribution in [0.15, 0.2) is 28.7 Å². The molecule has 3 nitrogen and oxygen atoms in total. The monoisotopic (exact) mass is 261 g/mol. The predicted molar refractivity (Wildman–Crippen MR) is 78.4 cm³/mol. The van der Waals surface area contributed by atoms with Crippen LogP contribution in [0.1, 0.15) is 32.1 Å². The number of nitrogens with one attached hydrogen (secondary N) is 1. The Kier molecular flexibility index (Phi) is 4.27. The minimum Gasteiger partial charge on any atom is -0.461 e. The van der Waals surface area contributed by atoms with Crippen molar-refractivity contribution in [2.75, 3.05) is 13.7 Å². The normalized spacial score (nSPS) is 12.2. The van der Waals surface area contributed by atoms with Crippen molar-refractivity contribution in [3.8, 4) is 0 Å². The standard InChI is InChI=1S/C16H23NO2/c1-5-14-13(10-17-11-16(2,3)18-4)12-8-6-7-9-15(12)19-14/h6-9,17H,5,10-11H2,1-4H3. The van der Waals surface area contributed by atoms with Crippen molar-refractivity contribution < 1.29 is 9.15 Å². The first-order chi connectivity index (χ1) is 9.07. The fourth-order valence-corrected chi connectivity index (χ4v) is 2.19. The fourth-order valence-electron chi connectivity index (χ4n) is 2.19. The van der Waals surface area contributed by atoms with Gasteiger partial charge in [-0.05, 0) is 19.9 Å². The molecule has 0 fully saturated rings. The summed E-state index contributed by atoms with van der Waals surface area (Å²) in [5.74, 6) is 1.07. The second-order valence-corrected chi connectivity index (χ2v) is 5.42. The zero-order chi connectivity index (χ0) is 13.9. The summed E-state index contributed by atoms with van der Waals surface area (Å²) in [5, 5.41) is 4.67. The molecule has 1 aromatic heterocycles. The molecule has 1 heterocycles. The molecule has 0 aliphatic rings. The number of para-hydroxylation sites is 1. The highest BCUT2D eigenvalue weighted by Gasteiger charge is 2.17. The molecule has 0 bridgehead atoms. The van der Waals surface area contributed by atoms with E-state index >= 15 is 0 Å². The van der Waals surface area contributed by atoms with Gasteiger partial charge in [-0.2, -0.15) is 0 Å². The van der Waals surface area contributed by atoms with Gasteiger partial charge in [0, 0.05) is 37.6 Å². The van der Waals surface area contributed by atoms with Gasteiger partial charge in [-0.1, -0.05) is 25.1 Å². The van der Waals surface area contributed by atoms with Crippen molar-refractivity contribution in [1.29, 1.82) is 0 Å². The first-order valence-corrected chi connectivity index (χ1v) is 6.82. The molecular formula is C16H23NO2. The largest absolute Gasteiger partial charge is 0.461 e. The summed E-state index contributed by atoms with van der Waals surface area (Å²) in [6.07, 6.45) is 0.916. The molecule has 0 aliphatic carbocycles. The Balaban J connectivity index is 2.15. The molecule has 0 amide bonds. The van der Waals surface area contributed by atoms with Crippen LogP contribution in [0, 0.1) is 0 Å². The summed E-state index contributed by atoms with van der Waals surface area (Å²) in [6, 6.07) is 8.21. The SMILES string of the molecule is CCc1oc2ccccc2c1CNCC(C)(C)OC. The van der Waals surface area contributed by atoms with Gasteiger partial charge in [-0.25, -0.2) is 0 Å². The van der Waals surface area contributed by atoms with Gasteiger partial charge in [-0.15, -0.1) is 0 Å². The molecule has 19 heavy (non-hydrogen) atoms. The van der Waals surface area contributed by atoms with E-state index in [9.17, 15) is 0 Å². The van der Waals surface area contributed by atoms with E-state index in [1.165, 1.54) is 10.9 Å². The zero-order valence-corrected chi connectivity index (χ0v) is 12.2.